The van der Waals surface area contributed by atoms with Gasteiger partial charge in [0.05, 0.1) is 18.5 Å². The highest BCUT2D eigenvalue weighted by atomic mass is 19.1. The minimum atomic E-state index is -1.06. The molecule has 0 saturated heterocycles. The highest BCUT2D eigenvalue weighted by molar-refractivity contribution is 5.96. The third-order valence-electron chi connectivity index (χ3n) is 3.96. The number of carbonyl (C=O) groups is 1. The summed E-state index contributed by atoms with van der Waals surface area (Å²) >= 11 is 0. The van der Waals surface area contributed by atoms with E-state index < -0.39 is 5.97 Å². The average molecular weight is 340 g/mol. The summed E-state index contributed by atoms with van der Waals surface area (Å²) in [6.45, 7) is 1.87. The van der Waals surface area contributed by atoms with Crippen molar-refractivity contribution in [3.63, 3.8) is 0 Å². The topological polar surface area (TPSA) is 64.3 Å². The van der Waals surface area contributed by atoms with Gasteiger partial charge in [-0.15, -0.1) is 0 Å². The molecule has 3 aromatic rings. The third kappa shape index (κ3) is 3.10. The number of nitrogens with zero attached hydrogens (tertiary/aromatic N) is 2. The number of aromatic carboxylic acids is 1. The summed E-state index contributed by atoms with van der Waals surface area (Å²) in [6.07, 6.45) is 0.488. The van der Waals surface area contributed by atoms with Gasteiger partial charge >= 0.3 is 5.97 Å². The largest absolute Gasteiger partial charge is 0.497 e. The predicted molar refractivity (Wildman–Crippen MR) is 91.8 cm³/mol. The van der Waals surface area contributed by atoms with Gasteiger partial charge in [0.2, 0.25) is 0 Å². The van der Waals surface area contributed by atoms with Gasteiger partial charge in [-0.3, -0.25) is 0 Å². The van der Waals surface area contributed by atoms with Crippen molar-refractivity contribution in [2.24, 2.45) is 0 Å². The molecule has 0 amide bonds. The van der Waals surface area contributed by atoms with Gasteiger partial charge in [-0.25, -0.2) is 13.9 Å². The molecule has 6 heteroatoms. The van der Waals surface area contributed by atoms with Crippen molar-refractivity contribution in [3.8, 4) is 22.7 Å². The van der Waals surface area contributed by atoms with Gasteiger partial charge in [-0.2, -0.15) is 5.10 Å². The lowest BCUT2D eigenvalue weighted by Gasteiger charge is -2.07. The Kier molecular flexibility index (Phi) is 4.52. The molecule has 1 N–H and O–H groups in total. The number of carboxylic acid groups (broad SMARTS) is 1. The molecule has 0 radical (unpaired) electrons. The lowest BCUT2D eigenvalue weighted by molar-refractivity contribution is 0.0696. The van der Waals surface area contributed by atoms with E-state index >= 15 is 0 Å². The summed E-state index contributed by atoms with van der Waals surface area (Å²) in [7, 11) is 1.58. The number of hydrogen-bond acceptors (Lipinski definition) is 3. The second-order valence-electron chi connectivity index (χ2n) is 5.45. The number of rotatable bonds is 5. The molecule has 0 aliphatic carbocycles. The highest BCUT2D eigenvalue weighted by Gasteiger charge is 2.24. The monoisotopic (exact) mass is 340 g/mol. The molecular formula is C19H17FN2O3. The Morgan fingerprint density at radius 2 is 1.80 bits per heavy atom. The van der Waals surface area contributed by atoms with Gasteiger partial charge in [0.15, 0.2) is 0 Å². The van der Waals surface area contributed by atoms with Crippen LogP contribution in [0.3, 0.4) is 0 Å². The number of benzene rings is 2. The molecule has 1 heterocycles. The number of hydrogen-bond donors (Lipinski definition) is 1. The minimum Gasteiger partial charge on any atom is -0.497 e. The van der Waals surface area contributed by atoms with Crippen LogP contribution < -0.4 is 4.74 Å². The first-order valence-corrected chi connectivity index (χ1v) is 7.80. The Morgan fingerprint density at radius 3 is 2.32 bits per heavy atom. The second kappa shape index (κ2) is 6.76. The fourth-order valence-corrected chi connectivity index (χ4v) is 2.75. The number of carboxylic acids is 1. The Balaban J connectivity index is 2.20. The van der Waals surface area contributed by atoms with Gasteiger partial charge in [0.25, 0.3) is 0 Å². The van der Waals surface area contributed by atoms with E-state index in [1.54, 1.807) is 23.9 Å². The first kappa shape index (κ1) is 16.7. The van der Waals surface area contributed by atoms with Gasteiger partial charge < -0.3 is 9.84 Å². The van der Waals surface area contributed by atoms with Crippen LogP contribution >= 0.6 is 0 Å². The van der Waals surface area contributed by atoms with Gasteiger partial charge in [0, 0.05) is 5.56 Å². The summed E-state index contributed by atoms with van der Waals surface area (Å²) in [4.78, 5) is 11.8. The minimum absolute atomic E-state index is 0.130. The van der Waals surface area contributed by atoms with Crippen LogP contribution in [0, 0.1) is 5.82 Å². The van der Waals surface area contributed by atoms with E-state index in [4.69, 9.17) is 4.74 Å². The molecule has 0 aliphatic rings. The average Bonchev–Trinajstić information content (AvgIpc) is 3.02. The SMILES string of the molecule is CCc1c(C(=O)O)c(-c2ccc(F)cc2)nn1-c1ccc(OC)cc1. The van der Waals surface area contributed by atoms with Crippen LogP contribution in [0.4, 0.5) is 4.39 Å². The smallest absolute Gasteiger partial charge is 0.339 e. The summed E-state index contributed by atoms with van der Waals surface area (Å²) in [5.41, 5.74) is 2.32. The zero-order chi connectivity index (χ0) is 18.0. The normalized spacial score (nSPS) is 10.7. The van der Waals surface area contributed by atoms with Crippen molar-refractivity contribution in [1.82, 2.24) is 9.78 Å². The van der Waals surface area contributed by atoms with Crippen LogP contribution in [0.25, 0.3) is 16.9 Å². The maximum Gasteiger partial charge on any atom is 0.339 e. The first-order chi connectivity index (χ1) is 12.0. The van der Waals surface area contributed by atoms with Gasteiger partial charge in [-0.1, -0.05) is 6.92 Å². The third-order valence-corrected chi connectivity index (χ3v) is 3.96. The molecule has 2 aromatic carbocycles. The van der Waals surface area contributed by atoms with Crippen LogP contribution in [-0.4, -0.2) is 28.0 Å². The van der Waals surface area contributed by atoms with Crippen LogP contribution in [0.2, 0.25) is 0 Å². The highest BCUT2D eigenvalue weighted by Crippen LogP contribution is 2.29. The molecule has 128 valence electrons. The maximum atomic E-state index is 13.2. The molecule has 0 spiro atoms. The Hall–Kier alpha value is -3.15. The van der Waals surface area contributed by atoms with Crippen molar-refractivity contribution in [3.05, 3.63) is 65.6 Å². The molecule has 1 aromatic heterocycles. The zero-order valence-electron chi connectivity index (χ0n) is 13.9. The molecule has 0 unspecified atom stereocenters. The Bertz CT molecular complexity index is 900. The fourth-order valence-electron chi connectivity index (χ4n) is 2.75. The first-order valence-electron chi connectivity index (χ1n) is 7.80. The maximum absolute atomic E-state index is 13.2. The van der Waals surface area contributed by atoms with E-state index in [-0.39, 0.29) is 11.4 Å². The molecule has 0 atom stereocenters. The zero-order valence-corrected chi connectivity index (χ0v) is 13.9. The van der Waals surface area contributed by atoms with E-state index in [9.17, 15) is 14.3 Å². The van der Waals surface area contributed by atoms with Gasteiger partial charge in [-0.05, 0) is 55.0 Å². The molecule has 25 heavy (non-hydrogen) atoms. The molecule has 5 nitrogen and oxygen atoms in total. The fraction of sp³-hybridized carbons (Fsp3) is 0.158. The number of ether oxygens (including phenoxy) is 1. The number of halogens is 1. The van der Waals surface area contributed by atoms with Gasteiger partial charge in [0.1, 0.15) is 22.8 Å². The molecular weight excluding hydrogens is 323 g/mol. The van der Waals surface area contributed by atoms with Crippen molar-refractivity contribution >= 4 is 5.97 Å². The van der Waals surface area contributed by atoms with E-state index in [0.29, 0.717) is 29.1 Å². The molecule has 3 rings (SSSR count). The molecule has 0 fully saturated rings. The Morgan fingerprint density at radius 1 is 1.16 bits per heavy atom. The van der Waals surface area contributed by atoms with Crippen LogP contribution in [0.1, 0.15) is 23.0 Å². The van der Waals surface area contributed by atoms with Crippen molar-refractivity contribution < 1.29 is 19.0 Å². The van der Waals surface area contributed by atoms with E-state index in [2.05, 4.69) is 5.10 Å². The second-order valence-corrected chi connectivity index (χ2v) is 5.45. The molecule has 0 aliphatic heterocycles. The van der Waals surface area contributed by atoms with Crippen molar-refractivity contribution in [2.45, 2.75) is 13.3 Å². The number of methoxy groups -OCH3 is 1. The summed E-state index contributed by atoms with van der Waals surface area (Å²) in [5.74, 6) is -0.743. The molecule has 0 saturated carbocycles. The quantitative estimate of drug-likeness (QED) is 0.764. The standard InChI is InChI=1S/C19H17FN2O3/c1-3-16-17(19(23)24)18(12-4-6-13(20)7-5-12)21-22(16)14-8-10-15(25-2)11-9-14/h4-11H,3H2,1-2H3,(H,23,24). The van der Waals surface area contributed by atoms with E-state index in [0.717, 1.165) is 5.69 Å². The summed E-state index contributed by atoms with van der Waals surface area (Å²) in [6, 6.07) is 12.8. The van der Waals surface area contributed by atoms with E-state index in [1.165, 1.54) is 24.3 Å². The van der Waals surface area contributed by atoms with Crippen LogP contribution in [-0.2, 0) is 6.42 Å². The lowest BCUT2D eigenvalue weighted by Crippen LogP contribution is -2.05. The van der Waals surface area contributed by atoms with Crippen molar-refractivity contribution in [1.29, 1.82) is 0 Å². The summed E-state index contributed by atoms with van der Waals surface area (Å²) in [5, 5.41) is 14.2. The van der Waals surface area contributed by atoms with E-state index in [1.807, 2.05) is 19.1 Å². The predicted octanol–water partition coefficient (Wildman–Crippen LogP) is 3.95. The Labute approximate surface area is 144 Å². The van der Waals surface area contributed by atoms with Crippen molar-refractivity contribution in [2.75, 3.05) is 7.11 Å². The van der Waals surface area contributed by atoms with Crippen LogP contribution in [0.15, 0.2) is 48.5 Å². The number of aromatic nitrogens is 2. The lowest BCUT2D eigenvalue weighted by atomic mass is 10.0. The summed E-state index contributed by atoms with van der Waals surface area (Å²) < 4.78 is 20.0. The molecule has 0 bridgehead atoms. The van der Waals surface area contributed by atoms with Crippen LogP contribution in [0.5, 0.6) is 5.75 Å².